The standard InChI is InChI=1S/C17H18N4O3S/c1-9-10-8-18-17-19-15(10)21(11-4-2-5-12(11)25(17)24)16(23)14(9)20-7-3-6-13(20)22/h8,11-12H,2-7H2,1H3. The van der Waals surface area contributed by atoms with E-state index in [4.69, 9.17) is 0 Å². The lowest BCUT2D eigenvalue weighted by atomic mass is 10.1. The van der Waals surface area contributed by atoms with E-state index in [0.29, 0.717) is 29.5 Å². The lowest BCUT2D eigenvalue weighted by molar-refractivity contribution is -0.117. The Morgan fingerprint density at radius 3 is 2.84 bits per heavy atom. The molecular weight excluding hydrogens is 340 g/mol. The lowest BCUT2D eigenvalue weighted by Gasteiger charge is -2.24. The van der Waals surface area contributed by atoms with Crippen molar-refractivity contribution >= 4 is 33.4 Å². The molecule has 25 heavy (non-hydrogen) atoms. The van der Waals surface area contributed by atoms with E-state index in [-0.39, 0.29) is 22.8 Å². The first kappa shape index (κ1) is 15.2. The Morgan fingerprint density at radius 2 is 2.08 bits per heavy atom. The molecule has 0 spiro atoms. The Hall–Kier alpha value is -2.09. The molecule has 7 nitrogen and oxygen atoms in total. The maximum absolute atomic E-state index is 13.4. The smallest absolute Gasteiger partial charge is 0.276 e. The summed E-state index contributed by atoms with van der Waals surface area (Å²) in [4.78, 5) is 36.1. The summed E-state index contributed by atoms with van der Waals surface area (Å²) in [7, 11) is -1.30. The number of aromatic nitrogens is 3. The third-order valence-corrected chi connectivity index (χ3v) is 7.36. The Bertz CT molecular complexity index is 1020. The van der Waals surface area contributed by atoms with Crippen molar-refractivity contribution in [1.82, 2.24) is 14.5 Å². The van der Waals surface area contributed by atoms with Gasteiger partial charge in [-0.1, -0.05) is 6.42 Å². The number of carbonyl (C=O) groups is 1. The summed E-state index contributed by atoms with van der Waals surface area (Å²) in [6.07, 6.45) is 5.45. The van der Waals surface area contributed by atoms with Gasteiger partial charge >= 0.3 is 0 Å². The molecule has 2 fully saturated rings. The van der Waals surface area contributed by atoms with Crippen LogP contribution in [0.25, 0.3) is 11.0 Å². The van der Waals surface area contributed by atoms with Gasteiger partial charge in [-0.05, 0) is 31.7 Å². The number of fused-ring (bicyclic) bond motifs is 3. The first-order valence-electron chi connectivity index (χ1n) is 8.70. The number of amides is 1. The van der Waals surface area contributed by atoms with Crippen molar-refractivity contribution in [2.24, 2.45) is 0 Å². The molecule has 4 heterocycles. The quantitative estimate of drug-likeness (QED) is 0.720. The molecule has 2 aliphatic heterocycles. The zero-order chi connectivity index (χ0) is 17.3. The molecule has 0 radical (unpaired) electrons. The predicted octanol–water partition coefficient (Wildman–Crippen LogP) is 1.44. The van der Waals surface area contributed by atoms with Gasteiger partial charge in [-0.15, -0.1) is 0 Å². The average Bonchev–Trinajstić information content (AvgIpc) is 3.22. The summed E-state index contributed by atoms with van der Waals surface area (Å²) in [6.45, 7) is 2.42. The van der Waals surface area contributed by atoms with Crippen LogP contribution in [0.5, 0.6) is 0 Å². The van der Waals surface area contributed by atoms with Crippen LogP contribution in [0, 0.1) is 6.92 Å². The minimum absolute atomic E-state index is 0.00920. The fourth-order valence-electron chi connectivity index (χ4n) is 4.50. The van der Waals surface area contributed by atoms with E-state index in [0.717, 1.165) is 36.6 Å². The average molecular weight is 358 g/mol. The first-order chi connectivity index (χ1) is 12.1. The molecule has 1 saturated carbocycles. The summed E-state index contributed by atoms with van der Waals surface area (Å²) in [5.74, 6) is -0.00920. The van der Waals surface area contributed by atoms with Crippen LogP contribution in [0.1, 0.15) is 43.7 Å². The molecule has 2 aromatic rings. The fourth-order valence-corrected chi connectivity index (χ4v) is 6.03. The van der Waals surface area contributed by atoms with Crippen LogP contribution in [0.15, 0.2) is 16.1 Å². The SMILES string of the molecule is Cc1c(N2CCCC2=O)c(=O)n2c3nc(ncc13)S(=O)C1CCCC12. The maximum Gasteiger partial charge on any atom is 0.276 e. The van der Waals surface area contributed by atoms with Crippen molar-refractivity contribution in [1.29, 1.82) is 0 Å². The summed E-state index contributed by atoms with van der Waals surface area (Å²) in [6, 6.07) is -0.137. The molecule has 0 N–H and O–H groups in total. The third-order valence-electron chi connectivity index (χ3n) is 5.70. The molecule has 2 bridgehead atoms. The van der Waals surface area contributed by atoms with Gasteiger partial charge in [-0.3, -0.25) is 18.4 Å². The first-order valence-corrected chi connectivity index (χ1v) is 9.92. The van der Waals surface area contributed by atoms with Gasteiger partial charge in [0, 0.05) is 24.5 Å². The van der Waals surface area contributed by atoms with Crippen molar-refractivity contribution in [3.63, 3.8) is 0 Å². The molecule has 3 unspecified atom stereocenters. The second-order valence-corrected chi connectivity index (χ2v) is 8.59. The van der Waals surface area contributed by atoms with E-state index >= 15 is 0 Å². The van der Waals surface area contributed by atoms with Crippen molar-refractivity contribution < 1.29 is 9.00 Å². The number of aryl methyl sites for hydroxylation is 1. The fraction of sp³-hybridized carbons (Fsp3) is 0.529. The van der Waals surface area contributed by atoms with Gasteiger partial charge in [0.15, 0.2) is 0 Å². The Kier molecular flexibility index (Phi) is 3.16. The molecule has 130 valence electrons. The molecule has 2 aromatic heterocycles. The second kappa shape index (κ2) is 5.20. The van der Waals surface area contributed by atoms with Crippen LogP contribution in [-0.4, -0.2) is 36.4 Å². The molecule has 1 saturated heterocycles. The Morgan fingerprint density at radius 1 is 1.24 bits per heavy atom. The molecule has 8 heteroatoms. The second-order valence-electron chi connectivity index (χ2n) is 7.02. The highest BCUT2D eigenvalue weighted by molar-refractivity contribution is 7.85. The molecule has 0 aromatic carbocycles. The number of hydrogen-bond donors (Lipinski definition) is 0. The molecule has 5 rings (SSSR count). The molecule has 1 aliphatic carbocycles. The summed E-state index contributed by atoms with van der Waals surface area (Å²) in [5, 5.41) is 0.952. The van der Waals surface area contributed by atoms with Gasteiger partial charge in [0.05, 0.1) is 22.1 Å². The number of nitrogens with zero attached hydrogens (tertiary/aromatic N) is 4. The lowest BCUT2D eigenvalue weighted by Crippen LogP contribution is -2.37. The van der Waals surface area contributed by atoms with Gasteiger partial charge in [0.1, 0.15) is 11.3 Å². The summed E-state index contributed by atoms with van der Waals surface area (Å²) < 4.78 is 14.5. The summed E-state index contributed by atoms with van der Waals surface area (Å²) >= 11 is 0. The highest BCUT2D eigenvalue weighted by atomic mass is 32.2. The maximum atomic E-state index is 13.4. The zero-order valence-corrected chi connectivity index (χ0v) is 14.7. The van der Waals surface area contributed by atoms with E-state index in [1.54, 1.807) is 15.7 Å². The summed E-state index contributed by atoms with van der Waals surface area (Å²) in [5.41, 5.74) is 1.57. The van der Waals surface area contributed by atoms with E-state index in [1.165, 1.54) is 0 Å². The Balaban J connectivity index is 1.88. The number of carbonyl (C=O) groups excluding carboxylic acids is 1. The number of pyridine rings is 1. The zero-order valence-electron chi connectivity index (χ0n) is 13.9. The van der Waals surface area contributed by atoms with Gasteiger partial charge in [-0.25, -0.2) is 9.97 Å². The van der Waals surface area contributed by atoms with E-state index < -0.39 is 10.8 Å². The number of rotatable bonds is 1. The number of hydrogen-bond acceptors (Lipinski definition) is 5. The largest absolute Gasteiger partial charge is 0.307 e. The van der Waals surface area contributed by atoms with Crippen LogP contribution in [0.4, 0.5) is 5.69 Å². The minimum Gasteiger partial charge on any atom is -0.307 e. The van der Waals surface area contributed by atoms with Crippen molar-refractivity contribution in [3.05, 3.63) is 22.1 Å². The van der Waals surface area contributed by atoms with Crippen LogP contribution >= 0.6 is 0 Å². The van der Waals surface area contributed by atoms with Crippen molar-refractivity contribution in [3.8, 4) is 0 Å². The van der Waals surface area contributed by atoms with Crippen LogP contribution in [0.2, 0.25) is 0 Å². The van der Waals surface area contributed by atoms with Gasteiger partial charge in [-0.2, -0.15) is 0 Å². The topological polar surface area (TPSA) is 85.2 Å². The van der Waals surface area contributed by atoms with Crippen LogP contribution in [0.3, 0.4) is 0 Å². The van der Waals surface area contributed by atoms with E-state index in [1.807, 2.05) is 6.92 Å². The monoisotopic (exact) mass is 358 g/mol. The van der Waals surface area contributed by atoms with Gasteiger partial charge in [0.25, 0.3) is 5.56 Å². The third kappa shape index (κ3) is 1.94. The highest BCUT2D eigenvalue weighted by Crippen LogP contribution is 2.39. The molecular formula is C17H18N4O3S. The molecule has 1 amide bonds. The van der Waals surface area contributed by atoms with E-state index in [9.17, 15) is 13.8 Å². The van der Waals surface area contributed by atoms with Crippen LogP contribution < -0.4 is 10.5 Å². The van der Waals surface area contributed by atoms with Crippen LogP contribution in [-0.2, 0) is 15.6 Å². The normalized spacial score (nSPS) is 28.0. The number of anilines is 1. The molecule has 3 atom stereocenters. The highest BCUT2D eigenvalue weighted by Gasteiger charge is 2.40. The van der Waals surface area contributed by atoms with Gasteiger partial charge < -0.3 is 4.90 Å². The van der Waals surface area contributed by atoms with Gasteiger partial charge in [0.2, 0.25) is 11.1 Å². The minimum atomic E-state index is -1.30. The Labute approximate surface area is 146 Å². The van der Waals surface area contributed by atoms with Crippen molar-refractivity contribution in [2.75, 3.05) is 11.4 Å². The van der Waals surface area contributed by atoms with E-state index in [2.05, 4.69) is 9.97 Å². The predicted molar refractivity (Wildman–Crippen MR) is 93.2 cm³/mol. The molecule has 3 aliphatic rings. The van der Waals surface area contributed by atoms with Crippen molar-refractivity contribution in [2.45, 2.75) is 55.5 Å².